The molecule has 0 atom stereocenters. The lowest BCUT2D eigenvalue weighted by Crippen LogP contribution is -2.07. The van der Waals surface area contributed by atoms with E-state index in [9.17, 15) is 4.79 Å². The van der Waals surface area contributed by atoms with Gasteiger partial charge in [-0.15, -0.1) is 0 Å². The molecule has 2 aromatic heterocycles. The summed E-state index contributed by atoms with van der Waals surface area (Å²) in [6.45, 7) is 0. The van der Waals surface area contributed by atoms with Crippen LogP contribution < -0.4 is 5.56 Å². The van der Waals surface area contributed by atoms with Gasteiger partial charge in [-0.05, 0) is 12.1 Å². The molecule has 0 bridgehead atoms. The lowest BCUT2D eigenvalue weighted by atomic mass is 10.3. The lowest BCUT2D eigenvalue weighted by molar-refractivity contribution is 0.891. The van der Waals surface area contributed by atoms with Crippen LogP contribution in [0.1, 0.15) is 0 Å². The molecule has 1 aromatic carbocycles. The Bertz CT molecular complexity index is 746. The first kappa shape index (κ1) is 10.0. The van der Waals surface area contributed by atoms with Gasteiger partial charge in [0, 0.05) is 11.6 Å². The molecule has 0 radical (unpaired) electrons. The maximum atomic E-state index is 11.5. The molecule has 0 aliphatic carbocycles. The fourth-order valence-corrected chi connectivity index (χ4v) is 1.85. The van der Waals surface area contributed by atoms with Crippen LogP contribution in [0.3, 0.4) is 0 Å². The molecule has 0 saturated heterocycles. The molecule has 0 saturated carbocycles. The summed E-state index contributed by atoms with van der Waals surface area (Å²) in [6.07, 6.45) is 3.27. The minimum atomic E-state index is -0.312. The van der Waals surface area contributed by atoms with Crippen LogP contribution in [0.4, 0.5) is 0 Å². The Morgan fingerprint density at radius 2 is 2.12 bits per heavy atom. The second kappa shape index (κ2) is 3.71. The van der Waals surface area contributed by atoms with Crippen molar-refractivity contribution < 1.29 is 0 Å². The van der Waals surface area contributed by atoms with Crippen LogP contribution in [0.5, 0.6) is 0 Å². The van der Waals surface area contributed by atoms with Gasteiger partial charge in [-0.1, -0.05) is 23.7 Å². The Kier molecular flexibility index (Phi) is 2.19. The number of hydrogen-bond donors (Lipinski definition) is 1. The molecule has 84 valence electrons. The Morgan fingerprint density at radius 3 is 2.88 bits per heavy atom. The van der Waals surface area contributed by atoms with E-state index in [2.05, 4.69) is 15.3 Å². The number of para-hydroxylation sites is 1. The van der Waals surface area contributed by atoms with Crippen LogP contribution in [0, 0.1) is 0 Å². The van der Waals surface area contributed by atoms with Gasteiger partial charge in [0.2, 0.25) is 0 Å². The van der Waals surface area contributed by atoms with E-state index in [-0.39, 0.29) is 5.56 Å². The van der Waals surface area contributed by atoms with E-state index in [1.165, 1.54) is 0 Å². The zero-order valence-corrected chi connectivity index (χ0v) is 9.35. The summed E-state index contributed by atoms with van der Waals surface area (Å²) in [5, 5.41) is 11.5. The highest BCUT2D eigenvalue weighted by Gasteiger charge is 2.08. The molecule has 3 rings (SSSR count). The van der Waals surface area contributed by atoms with Gasteiger partial charge in [0.1, 0.15) is 0 Å². The fourth-order valence-electron chi connectivity index (χ4n) is 1.63. The molecular weight excluding hydrogens is 240 g/mol. The third-order valence-electron chi connectivity index (χ3n) is 2.43. The summed E-state index contributed by atoms with van der Waals surface area (Å²) < 4.78 is 1.57. The van der Waals surface area contributed by atoms with Gasteiger partial charge in [0.25, 0.3) is 5.56 Å². The standard InChI is InChI=1S/C11H7ClN4O/c12-8-3-1-2-4-9(8)16-6-7-5-13-14-11(17)10(7)15-16/h1-6H,(H,14,17). The Labute approximate surface area is 101 Å². The van der Waals surface area contributed by atoms with Crippen molar-refractivity contribution in [3.8, 4) is 5.69 Å². The average Bonchev–Trinajstić information content (AvgIpc) is 2.75. The van der Waals surface area contributed by atoms with Crippen LogP contribution >= 0.6 is 11.6 Å². The summed E-state index contributed by atoms with van der Waals surface area (Å²) >= 11 is 6.06. The molecule has 0 amide bonds. The molecule has 2 heterocycles. The number of rotatable bonds is 1. The molecule has 3 aromatic rings. The zero-order valence-electron chi connectivity index (χ0n) is 8.59. The van der Waals surface area contributed by atoms with E-state index >= 15 is 0 Å². The Morgan fingerprint density at radius 1 is 1.29 bits per heavy atom. The highest BCUT2D eigenvalue weighted by Crippen LogP contribution is 2.20. The SMILES string of the molecule is O=c1[nH]ncc2cn(-c3ccccc3Cl)nc12. The van der Waals surface area contributed by atoms with Crippen LogP contribution in [0.25, 0.3) is 16.6 Å². The van der Waals surface area contributed by atoms with Gasteiger partial charge in [0.15, 0.2) is 5.52 Å². The topological polar surface area (TPSA) is 63.6 Å². The minimum Gasteiger partial charge on any atom is -0.265 e. The number of nitrogens with one attached hydrogen (secondary N) is 1. The predicted octanol–water partition coefficient (Wildman–Crippen LogP) is 1.76. The van der Waals surface area contributed by atoms with E-state index in [4.69, 9.17) is 11.6 Å². The summed E-state index contributed by atoms with van der Waals surface area (Å²) in [6, 6.07) is 7.29. The monoisotopic (exact) mass is 246 g/mol. The molecule has 0 fully saturated rings. The largest absolute Gasteiger partial charge is 0.292 e. The summed E-state index contributed by atoms with van der Waals surface area (Å²) in [5.74, 6) is 0. The second-order valence-corrected chi connectivity index (χ2v) is 3.94. The number of H-pyrrole nitrogens is 1. The van der Waals surface area contributed by atoms with Crippen molar-refractivity contribution in [3.63, 3.8) is 0 Å². The van der Waals surface area contributed by atoms with Crippen molar-refractivity contribution in [2.45, 2.75) is 0 Å². The highest BCUT2D eigenvalue weighted by atomic mass is 35.5. The van der Waals surface area contributed by atoms with Crippen molar-refractivity contribution in [2.75, 3.05) is 0 Å². The van der Waals surface area contributed by atoms with Gasteiger partial charge < -0.3 is 0 Å². The second-order valence-electron chi connectivity index (χ2n) is 3.53. The molecular formula is C11H7ClN4O. The third-order valence-corrected chi connectivity index (χ3v) is 2.75. The molecule has 0 aliphatic heterocycles. The smallest absolute Gasteiger partial charge is 0.265 e. The minimum absolute atomic E-state index is 0.312. The number of fused-ring (bicyclic) bond motifs is 1. The van der Waals surface area contributed by atoms with Crippen molar-refractivity contribution in [1.82, 2.24) is 20.0 Å². The van der Waals surface area contributed by atoms with Crippen molar-refractivity contribution >= 4 is 22.5 Å². The number of aromatic nitrogens is 4. The molecule has 0 aliphatic rings. The first-order valence-corrected chi connectivity index (χ1v) is 5.31. The van der Waals surface area contributed by atoms with Crippen molar-refractivity contribution in [3.05, 3.63) is 52.0 Å². The van der Waals surface area contributed by atoms with E-state index in [1.54, 1.807) is 23.1 Å². The molecule has 0 unspecified atom stereocenters. The molecule has 6 heteroatoms. The van der Waals surface area contributed by atoms with E-state index in [0.29, 0.717) is 15.9 Å². The predicted molar refractivity (Wildman–Crippen MR) is 64.5 cm³/mol. The Balaban J connectivity index is 2.30. The fraction of sp³-hybridized carbons (Fsp3) is 0. The van der Waals surface area contributed by atoms with Crippen molar-refractivity contribution in [2.24, 2.45) is 0 Å². The van der Waals surface area contributed by atoms with E-state index < -0.39 is 0 Å². The number of aromatic amines is 1. The van der Waals surface area contributed by atoms with Crippen LogP contribution in [0.15, 0.2) is 41.5 Å². The Hall–Kier alpha value is -2.14. The molecule has 5 nitrogen and oxygen atoms in total. The van der Waals surface area contributed by atoms with Crippen LogP contribution in [0.2, 0.25) is 5.02 Å². The molecule has 17 heavy (non-hydrogen) atoms. The highest BCUT2D eigenvalue weighted by molar-refractivity contribution is 6.32. The maximum absolute atomic E-state index is 11.5. The van der Waals surface area contributed by atoms with Gasteiger partial charge in [0.05, 0.1) is 16.9 Å². The number of benzene rings is 1. The maximum Gasteiger partial charge on any atom is 0.292 e. The summed E-state index contributed by atoms with van der Waals surface area (Å²) in [4.78, 5) is 11.5. The third kappa shape index (κ3) is 1.60. The summed E-state index contributed by atoms with van der Waals surface area (Å²) in [7, 11) is 0. The van der Waals surface area contributed by atoms with E-state index in [1.807, 2.05) is 18.2 Å². The first-order valence-electron chi connectivity index (χ1n) is 4.94. The average molecular weight is 247 g/mol. The van der Waals surface area contributed by atoms with Crippen LogP contribution in [-0.2, 0) is 0 Å². The van der Waals surface area contributed by atoms with Crippen molar-refractivity contribution in [1.29, 1.82) is 0 Å². The molecule has 0 spiro atoms. The van der Waals surface area contributed by atoms with Crippen LogP contribution in [-0.4, -0.2) is 20.0 Å². The van der Waals surface area contributed by atoms with Gasteiger partial charge in [-0.25, -0.2) is 9.78 Å². The van der Waals surface area contributed by atoms with E-state index in [0.717, 1.165) is 5.69 Å². The zero-order chi connectivity index (χ0) is 11.8. The number of halogens is 1. The number of nitrogens with zero attached hydrogens (tertiary/aromatic N) is 3. The van der Waals surface area contributed by atoms with Gasteiger partial charge in [-0.2, -0.15) is 10.2 Å². The number of hydrogen-bond acceptors (Lipinski definition) is 3. The quantitative estimate of drug-likeness (QED) is 0.712. The summed E-state index contributed by atoms with van der Waals surface area (Å²) in [5.41, 5.74) is 0.762. The lowest BCUT2D eigenvalue weighted by Gasteiger charge is -2.02. The normalized spacial score (nSPS) is 10.9. The van der Waals surface area contributed by atoms with Gasteiger partial charge in [-0.3, -0.25) is 4.79 Å². The first-order chi connectivity index (χ1) is 8.25. The molecule has 1 N–H and O–H groups in total. The van der Waals surface area contributed by atoms with Gasteiger partial charge >= 0.3 is 0 Å².